The molecule has 0 aromatic heterocycles. The van der Waals surface area contributed by atoms with Crippen LogP contribution >= 0.6 is 0 Å². The van der Waals surface area contributed by atoms with Crippen molar-refractivity contribution >= 4 is 34.7 Å². The van der Waals surface area contributed by atoms with E-state index >= 15 is 0 Å². The third-order valence-electron chi connectivity index (χ3n) is 6.80. The molecule has 9 heteroatoms. The van der Waals surface area contributed by atoms with E-state index in [9.17, 15) is 18.8 Å². The van der Waals surface area contributed by atoms with Crippen molar-refractivity contribution in [2.24, 2.45) is 0 Å². The number of nitrogens with one attached hydrogen (secondary N) is 1. The second kappa shape index (κ2) is 9.38. The molecule has 0 atom stereocenters. The van der Waals surface area contributed by atoms with Gasteiger partial charge in [0.2, 0.25) is 0 Å². The van der Waals surface area contributed by atoms with Gasteiger partial charge in [0.15, 0.2) is 0 Å². The third-order valence-corrected chi connectivity index (χ3v) is 6.80. The highest BCUT2D eigenvalue weighted by Gasteiger charge is 2.38. The molecule has 37 heavy (non-hydrogen) atoms. The summed E-state index contributed by atoms with van der Waals surface area (Å²) < 4.78 is 24.9. The Kier molecular flexibility index (Phi) is 6.23. The summed E-state index contributed by atoms with van der Waals surface area (Å²) in [6.45, 7) is 7.65. The molecule has 2 aromatic carbocycles. The van der Waals surface area contributed by atoms with Crippen molar-refractivity contribution in [1.82, 2.24) is 9.80 Å². The summed E-state index contributed by atoms with van der Waals surface area (Å²) >= 11 is 0. The van der Waals surface area contributed by atoms with Crippen molar-refractivity contribution in [2.75, 3.05) is 38.1 Å². The third kappa shape index (κ3) is 4.57. The predicted octanol–water partition coefficient (Wildman–Crippen LogP) is 4.30. The largest absolute Gasteiger partial charge is 0.482 e. The SMILES string of the molecule is CCOC(=O)N1CCN(C(=O)c2ccc(C3=CC(=C4C(=O)Nc5cc(F)ccc54)OC3(C)C)cc2)CC1. The van der Waals surface area contributed by atoms with E-state index in [-0.39, 0.29) is 17.9 Å². The van der Waals surface area contributed by atoms with Crippen molar-refractivity contribution in [3.63, 3.8) is 0 Å². The molecule has 0 saturated carbocycles. The van der Waals surface area contributed by atoms with Crippen LogP contribution in [0.25, 0.3) is 11.1 Å². The smallest absolute Gasteiger partial charge is 0.409 e. The molecule has 1 saturated heterocycles. The van der Waals surface area contributed by atoms with E-state index < -0.39 is 11.4 Å². The van der Waals surface area contributed by atoms with Crippen LogP contribution in [0.4, 0.5) is 14.9 Å². The number of fused-ring (bicyclic) bond motifs is 1. The van der Waals surface area contributed by atoms with Crippen LogP contribution in [0.1, 0.15) is 42.3 Å². The maximum atomic E-state index is 13.6. The summed E-state index contributed by atoms with van der Waals surface area (Å²) in [5, 5.41) is 2.70. The summed E-state index contributed by atoms with van der Waals surface area (Å²) in [5.74, 6) is -0.444. The molecule has 192 valence electrons. The molecular formula is C28H28FN3O5. The Labute approximate surface area is 214 Å². The van der Waals surface area contributed by atoms with Crippen LogP contribution in [-0.2, 0) is 14.3 Å². The summed E-state index contributed by atoms with van der Waals surface area (Å²) in [4.78, 5) is 41.0. The number of halogens is 1. The number of rotatable bonds is 3. The van der Waals surface area contributed by atoms with Gasteiger partial charge in [0.25, 0.3) is 11.8 Å². The zero-order chi connectivity index (χ0) is 26.3. The zero-order valence-corrected chi connectivity index (χ0v) is 21.0. The van der Waals surface area contributed by atoms with Crippen molar-refractivity contribution < 1.29 is 28.2 Å². The van der Waals surface area contributed by atoms with Gasteiger partial charge in [-0.2, -0.15) is 0 Å². The lowest BCUT2D eigenvalue weighted by molar-refractivity contribution is -0.111. The first-order valence-electron chi connectivity index (χ1n) is 12.3. The Morgan fingerprint density at radius 1 is 1.05 bits per heavy atom. The van der Waals surface area contributed by atoms with E-state index in [0.29, 0.717) is 60.9 Å². The highest BCUT2D eigenvalue weighted by molar-refractivity contribution is 6.32. The summed E-state index contributed by atoms with van der Waals surface area (Å²) in [5.41, 5.74) is 2.94. The van der Waals surface area contributed by atoms with Crippen LogP contribution < -0.4 is 5.32 Å². The van der Waals surface area contributed by atoms with Gasteiger partial charge in [-0.25, -0.2) is 9.18 Å². The molecule has 0 radical (unpaired) electrons. The Morgan fingerprint density at radius 2 is 1.73 bits per heavy atom. The molecule has 0 aliphatic carbocycles. The van der Waals surface area contributed by atoms with E-state index in [1.165, 1.54) is 12.1 Å². The first-order valence-corrected chi connectivity index (χ1v) is 12.3. The number of nitrogens with zero attached hydrogens (tertiary/aromatic N) is 2. The van der Waals surface area contributed by atoms with E-state index in [0.717, 1.165) is 11.1 Å². The minimum atomic E-state index is -0.722. The number of piperazine rings is 1. The highest BCUT2D eigenvalue weighted by Crippen LogP contribution is 2.44. The number of allylic oxidation sites excluding steroid dienone is 1. The maximum absolute atomic E-state index is 13.6. The Bertz CT molecular complexity index is 1340. The van der Waals surface area contributed by atoms with Gasteiger partial charge in [-0.3, -0.25) is 9.59 Å². The lowest BCUT2D eigenvalue weighted by Crippen LogP contribution is -2.50. The van der Waals surface area contributed by atoms with Crippen molar-refractivity contribution in [3.8, 4) is 0 Å². The molecular weight excluding hydrogens is 477 g/mol. The van der Waals surface area contributed by atoms with E-state index in [2.05, 4.69) is 5.32 Å². The molecule has 0 spiro atoms. The molecule has 3 aliphatic heterocycles. The summed E-state index contributed by atoms with van der Waals surface area (Å²) in [6.07, 6.45) is 1.48. The molecule has 1 N–H and O–H groups in total. The average Bonchev–Trinajstić information content (AvgIpc) is 3.37. The number of benzene rings is 2. The van der Waals surface area contributed by atoms with Crippen LogP contribution in [0, 0.1) is 5.82 Å². The number of hydrogen-bond donors (Lipinski definition) is 1. The van der Waals surface area contributed by atoms with Gasteiger partial charge >= 0.3 is 6.09 Å². The zero-order valence-electron chi connectivity index (χ0n) is 21.0. The highest BCUT2D eigenvalue weighted by atomic mass is 19.1. The van der Waals surface area contributed by atoms with Gasteiger partial charge in [0.05, 0.1) is 17.9 Å². The number of carbonyl (C=O) groups is 3. The number of hydrogen-bond acceptors (Lipinski definition) is 5. The topological polar surface area (TPSA) is 88.2 Å². The standard InChI is InChI=1S/C28H28FN3O5/c1-4-36-27(35)32-13-11-31(12-14-32)26(34)18-7-5-17(6-8-18)21-16-23(37-28(21,2)3)24-20-10-9-19(29)15-22(20)30-25(24)33/h5-10,15-16H,4,11-14H2,1-3H3,(H,30,33). The van der Waals surface area contributed by atoms with Crippen LogP contribution in [0.3, 0.4) is 0 Å². The van der Waals surface area contributed by atoms with Gasteiger partial charge in [-0.05, 0) is 62.7 Å². The molecule has 2 aromatic rings. The summed E-state index contributed by atoms with van der Waals surface area (Å²) in [7, 11) is 0. The Morgan fingerprint density at radius 3 is 2.41 bits per heavy atom. The normalized spacial score (nSPS) is 20.2. The van der Waals surface area contributed by atoms with Gasteiger partial charge in [0.1, 0.15) is 17.2 Å². The molecule has 3 aliphatic rings. The van der Waals surface area contributed by atoms with Crippen LogP contribution in [0.2, 0.25) is 0 Å². The Hall–Kier alpha value is -4.14. The fraction of sp³-hybridized carbons (Fsp3) is 0.321. The second-order valence-electron chi connectivity index (χ2n) is 9.61. The number of ether oxygens (including phenoxy) is 2. The molecule has 5 rings (SSSR count). The molecule has 1 fully saturated rings. The minimum absolute atomic E-state index is 0.0970. The summed E-state index contributed by atoms with van der Waals surface area (Å²) in [6, 6.07) is 11.5. The van der Waals surface area contributed by atoms with Crippen molar-refractivity contribution in [2.45, 2.75) is 26.4 Å². The van der Waals surface area contributed by atoms with Crippen LogP contribution in [-0.4, -0.2) is 66.1 Å². The van der Waals surface area contributed by atoms with Gasteiger partial charge in [0, 0.05) is 42.9 Å². The molecule has 8 nitrogen and oxygen atoms in total. The van der Waals surface area contributed by atoms with Crippen molar-refractivity contribution in [3.05, 3.63) is 76.8 Å². The van der Waals surface area contributed by atoms with E-state index in [4.69, 9.17) is 9.47 Å². The lowest BCUT2D eigenvalue weighted by atomic mass is 9.91. The Balaban J connectivity index is 1.35. The number of carbonyl (C=O) groups excluding carboxylic acids is 3. The van der Waals surface area contributed by atoms with E-state index in [1.807, 2.05) is 32.1 Å². The number of amides is 3. The number of anilines is 1. The molecule has 0 bridgehead atoms. The van der Waals surface area contributed by atoms with E-state index in [1.54, 1.807) is 34.9 Å². The fourth-order valence-corrected chi connectivity index (χ4v) is 4.89. The first-order chi connectivity index (χ1) is 17.7. The second-order valence-corrected chi connectivity index (χ2v) is 9.61. The first kappa shape index (κ1) is 24.5. The predicted molar refractivity (Wildman–Crippen MR) is 136 cm³/mol. The average molecular weight is 506 g/mol. The minimum Gasteiger partial charge on any atom is -0.482 e. The van der Waals surface area contributed by atoms with Crippen LogP contribution in [0.5, 0.6) is 0 Å². The van der Waals surface area contributed by atoms with Gasteiger partial charge < -0.3 is 24.6 Å². The van der Waals surface area contributed by atoms with Crippen LogP contribution in [0.15, 0.2) is 54.3 Å². The molecule has 3 heterocycles. The fourth-order valence-electron chi connectivity index (χ4n) is 4.89. The lowest BCUT2D eigenvalue weighted by Gasteiger charge is -2.34. The van der Waals surface area contributed by atoms with Gasteiger partial charge in [-0.15, -0.1) is 0 Å². The molecule has 3 amide bonds. The maximum Gasteiger partial charge on any atom is 0.409 e. The van der Waals surface area contributed by atoms with Crippen molar-refractivity contribution in [1.29, 1.82) is 0 Å². The van der Waals surface area contributed by atoms with Gasteiger partial charge in [-0.1, -0.05) is 12.1 Å². The monoisotopic (exact) mass is 505 g/mol. The molecule has 0 unspecified atom stereocenters. The quantitative estimate of drug-likeness (QED) is 0.629.